The molecule has 2 N–H and O–H groups in total. The Labute approximate surface area is 369 Å². The normalized spacial score (nSPS) is 16.5. The van der Waals surface area contributed by atoms with Gasteiger partial charge in [-0.15, -0.1) is 0 Å². The van der Waals surface area contributed by atoms with Crippen LogP contribution in [-0.4, -0.2) is 57.8 Å². The first-order chi connectivity index (χ1) is 29.8. The molecule has 61 heavy (non-hydrogen) atoms. The first-order valence-electron chi connectivity index (χ1n) is 22.3. The minimum absolute atomic E-state index is 0.0810. The third kappa shape index (κ3) is 9.79. The largest absolute Gasteiger partial charge is 0.348 e. The zero-order valence-corrected chi connectivity index (χ0v) is 36.4. The van der Waals surface area contributed by atoms with Crippen molar-refractivity contribution in [3.8, 4) is 0 Å². The number of nitrogens with one attached hydrogen (secondary N) is 2. The molecule has 10 rings (SSSR count). The number of fused-ring (bicyclic) bond motifs is 4. The highest BCUT2D eigenvalue weighted by molar-refractivity contribution is 6.36. The van der Waals surface area contributed by atoms with E-state index in [-0.39, 0.29) is 11.8 Å². The van der Waals surface area contributed by atoms with Gasteiger partial charge in [-0.25, -0.2) is 0 Å². The Bertz CT molecular complexity index is 2580. The van der Waals surface area contributed by atoms with Crippen molar-refractivity contribution in [2.75, 3.05) is 31.5 Å². The van der Waals surface area contributed by atoms with E-state index in [2.05, 4.69) is 56.8 Å². The molecule has 6 aromatic rings. The molecule has 4 aromatic carbocycles. The molecular weight excluding hydrogens is 800 g/mol. The summed E-state index contributed by atoms with van der Waals surface area (Å²) in [5, 5.41) is 9.59. The van der Waals surface area contributed by atoms with Crippen molar-refractivity contribution >= 4 is 62.5 Å². The fourth-order valence-electron chi connectivity index (χ4n) is 9.49. The molecule has 4 aliphatic rings. The van der Waals surface area contributed by atoms with Crippen LogP contribution in [0.3, 0.4) is 0 Å². The first kappa shape index (κ1) is 41.5. The van der Waals surface area contributed by atoms with Crippen molar-refractivity contribution in [1.29, 1.82) is 0 Å². The van der Waals surface area contributed by atoms with E-state index < -0.39 is 0 Å². The Morgan fingerprint density at radius 2 is 1.03 bits per heavy atom. The molecule has 0 spiro atoms. The summed E-state index contributed by atoms with van der Waals surface area (Å²) >= 11 is 13.3. The maximum Gasteiger partial charge on any atom is 0.255 e. The third-order valence-corrected chi connectivity index (χ3v) is 13.6. The Morgan fingerprint density at radius 1 is 0.541 bits per heavy atom. The van der Waals surface area contributed by atoms with Gasteiger partial charge < -0.3 is 10.6 Å². The molecule has 8 nitrogen and oxygen atoms in total. The summed E-state index contributed by atoms with van der Waals surface area (Å²) in [5.41, 5.74) is 11.9. The average molecular weight is 854 g/mol. The van der Waals surface area contributed by atoms with E-state index in [1.807, 2.05) is 48.5 Å². The van der Waals surface area contributed by atoms with Crippen LogP contribution in [0.15, 0.2) is 84.9 Å². The lowest BCUT2D eigenvalue weighted by Crippen LogP contribution is -2.23. The third-order valence-electron chi connectivity index (χ3n) is 12.7. The number of likely N-dealkylation sites (tertiary alicyclic amines) is 2. The standard InChI is InChI=1S/C26H28ClN3O.C25H26ClN3O/c27-25-21-8-1-2-9-23(21)29-24-15-20(10-11-22(24)25)26(31)28-16-18-6-5-7-19(14-18)17-30-12-3-4-13-30;26-24-20-8-1-2-9-22(20)28-23-15-18(10-11-21(23)24)25(30)27-19-7-5-6-17(14-19)16-29-12-3-4-13-29/h5-7,10-11,14-15H,1-4,8-9,12-13,16-17H2,(H,28,31);5-7,10-11,14-15H,1-4,8-9,12-13,16H2,(H,27,30). The van der Waals surface area contributed by atoms with Crippen LogP contribution in [0.1, 0.15) is 111 Å². The fraction of sp³-hybridized carbons (Fsp3) is 0.373. The molecule has 2 fully saturated rings. The molecule has 0 radical (unpaired) electrons. The predicted molar refractivity (Wildman–Crippen MR) is 248 cm³/mol. The second-order valence-electron chi connectivity index (χ2n) is 17.2. The van der Waals surface area contributed by atoms with Crippen LogP contribution in [0, 0.1) is 0 Å². The first-order valence-corrected chi connectivity index (χ1v) is 23.0. The highest BCUT2D eigenvalue weighted by atomic mass is 35.5. The number of carbonyl (C=O) groups excluding carboxylic acids is 2. The van der Waals surface area contributed by atoms with Gasteiger partial charge in [0.1, 0.15) is 0 Å². The predicted octanol–water partition coefficient (Wildman–Crippen LogP) is 10.9. The number of aryl methyl sites for hydroxylation is 2. The number of aromatic nitrogens is 2. The second kappa shape index (κ2) is 19.0. The monoisotopic (exact) mass is 852 g/mol. The number of anilines is 1. The maximum absolute atomic E-state index is 12.9. The fourth-order valence-corrected chi connectivity index (χ4v) is 10.2. The summed E-state index contributed by atoms with van der Waals surface area (Å²) in [7, 11) is 0. The molecule has 0 atom stereocenters. The Morgan fingerprint density at radius 3 is 1.61 bits per heavy atom. The molecule has 2 aromatic heterocycles. The molecular formula is C51H54Cl2N6O2. The zero-order valence-electron chi connectivity index (χ0n) is 34.9. The van der Waals surface area contributed by atoms with Gasteiger partial charge in [-0.05, 0) is 167 Å². The van der Waals surface area contributed by atoms with E-state index in [0.29, 0.717) is 17.7 Å². The number of nitrogens with zero attached hydrogens (tertiary/aromatic N) is 4. The van der Waals surface area contributed by atoms with Crippen molar-refractivity contribution in [2.45, 2.75) is 96.7 Å². The molecule has 2 aliphatic heterocycles. The molecule has 2 saturated heterocycles. The number of rotatable bonds is 9. The minimum atomic E-state index is -0.120. The summed E-state index contributed by atoms with van der Waals surface area (Å²) in [5.74, 6) is -0.201. The lowest BCUT2D eigenvalue weighted by atomic mass is 9.94. The number of carbonyl (C=O) groups is 2. The number of hydrogen-bond donors (Lipinski definition) is 2. The van der Waals surface area contributed by atoms with Crippen molar-refractivity contribution in [2.24, 2.45) is 0 Å². The van der Waals surface area contributed by atoms with Gasteiger partial charge in [0.25, 0.3) is 11.8 Å². The summed E-state index contributed by atoms with van der Waals surface area (Å²) < 4.78 is 0. The number of benzene rings is 4. The van der Waals surface area contributed by atoms with Crippen LogP contribution in [0.4, 0.5) is 5.69 Å². The van der Waals surface area contributed by atoms with Crippen LogP contribution in [0.25, 0.3) is 21.8 Å². The summed E-state index contributed by atoms with van der Waals surface area (Å²) in [6.45, 7) is 7.13. The van der Waals surface area contributed by atoms with Gasteiger partial charge in [-0.1, -0.05) is 71.7 Å². The lowest BCUT2D eigenvalue weighted by Gasteiger charge is -2.18. The van der Waals surface area contributed by atoms with Gasteiger partial charge in [0.2, 0.25) is 0 Å². The van der Waals surface area contributed by atoms with E-state index >= 15 is 0 Å². The van der Waals surface area contributed by atoms with Crippen LogP contribution < -0.4 is 10.6 Å². The summed E-state index contributed by atoms with van der Waals surface area (Å²) in [6, 6.07) is 28.0. The number of hydrogen-bond acceptors (Lipinski definition) is 6. The molecule has 0 bridgehead atoms. The van der Waals surface area contributed by atoms with Gasteiger partial charge in [-0.3, -0.25) is 29.4 Å². The van der Waals surface area contributed by atoms with Gasteiger partial charge in [0.05, 0.1) is 21.1 Å². The van der Waals surface area contributed by atoms with E-state index in [4.69, 9.17) is 33.2 Å². The van der Waals surface area contributed by atoms with Gasteiger partial charge in [0, 0.05) is 58.6 Å². The molecule has 2 amide bonds. The molecule has 4 heterocycles. The van der Waals surface area contributed by atoms with Crippen molar-refractivity contribution in [1.82, 2.24) is 25.1 Å². The Kier molecular flexibility index (Phi) is 12.9. The molecule has 0 saturated carbocycles. The summed E-state index contributed by atoms with van der Waals surface area (Å²) in [4.78, 5) is 40.3. The van der Waals surface area contributed by atoms with Gasteiger partial charge >= 0.3 is 0 Å². The molecule has 2 aliphatic carbocycles. The summed E-state index contributed by atoms with van der Waals surface area (Å²) in [6.07, 6.45) is 13.7. The SMILES string of the molecule is O=C(NCc1cccc(CN2CCCC2)c1)c1ccc2c(Cl)c3c(nc2c1)CCCC3.O=C(Nc1cccc(CN2CCCC2)c1)c1ccc2c(Cl)c3c(nc2c1)CCCC3. The van der Waals surface area contributed by atoms with Gasteiger partial charge in [0.15, 0.2) is 0 Å². The van der Waals surface area contributed by atoms with Crippen LogP contribution in [-0.2, 0) is 45.3 Å². The lowest BCUT2D eigenvalue weighted by molar-refractivity contribution is 0.0950. The second-order valence-corrected chi connectivity index (χ2v) is 18.0. The van der Waals surface area contributed by atoms with E-state index in [0.717, 1.165) is 126 Å². The van der Waals surface area contributed by atoms with E-state index in [1.165, 1.54) is 67.4 Å². The smallest absolute Gasteiger partial charge is 0.255 e. The quantitative estimate of drug-likeness (QED) is 0.151. The van der Waals surface area contributed by atoms with Crippen LogP contribution >= 0.6 is 23.2 Å². The highest BCUT2D eigenvalue weighted by Gasteiger charge is 2.20. The molecule has 0 unspecified atom stereocenters. The van der Waals surface area contributed by atoms with Crippen molar-refractivity contribution < 1.29 is 9.59 Å². The van der Waals surface area contributed by atoms with Crippen LogP contribution in [0.2, 0.25) is 10.0 Å². The Hall–Kier alpha value is -4.86. The molecule has 314 valence electrons. The number of halogens is 2. The van der Waals surface area contributed by atoms with Crippen LogP contribution in [0.5, 0.6) is 0 Å². The Balaban J connectivity index is 0.000000156. The molecule has 10 heteroatoms. The van der Waals surface area contributed by atoms with Crippen molar-refractivity contribution in [3.63, 3.8) is 0 Å². The van der Waals surface area contributed by atoms with Gasteiger partial charge in [-0.2, -0.15) is 0 Å². The number of amides is 2. The highest BCUT2D eigenvalue weighted by Crippen LogP contribution is 2.35. The van der Waals surface area contributed by atoms with E-state index in [9.17, 15) is 9.59 Å². The topological polar surface area (TPSA) is 90.5 Å². The minimum Gasteiger partial charge on any atom is -0.348 e. The maximum atomic E-state index is 12.9. The number of pyridine rings is 2. The van der Waals surface area contributed by atoms with E-state index in [1.54, 1.807) is 0 Å². The zero-order chi connectivity index (χ0) is 41.7. The van der Waals surface area contributed by atoms with Crippen molar-refractivity contribution in [3.05, 3.63) is 145 Å². The average Bonchev–Trinajstić information content (AvgIpc) is 4.01.